The highest BCUT2D eigenvalue weighted by Crippen LogP contribution is 2.31. The molecule has 11 heteroatoms. The fourth-order valence-electron chi connectivity index (χ4n) is 3.10. The summed E-state index contributed by atoms with van der Waals surface area (Å²) in [5, 5.41) is 17.6. The second-order valence-corrected chi connectivity index (χ2v) is 9.14. The average Bonchev–Trinajstić information content (AvgIpc) is 2.79. The summed E-state index contributed by atoms with van der Waals surface area (Å²) in [4.78, 5) is 4.09. The van der Waals surface area contributed by atoms with E-state index in [9.17, 15) is 17.9 Å². The zero-order chi connectivity index (χ0) is 19.2. The fraction of sp³-hybridized carbons (Fsp3) is 0.600. The van der Waals surface area contributed by atoms with Crippen LogP contribution in [0.4, 0.5) is 10.3 Å². The van der Waals surface area contributed by atoms with Crippen LogP contribution in [0.2, 0.25) is 5.02 Å². The maximum atomic E-state index is 14.2. The summed E-state index contributed by atoms with van der Waals surface area (Å²) in [5.41, 5.74) is 0.716. The molecule has 26 heavy (non-hydrogen) atoms. The van der Waals surface area contributed by atoms with Gasteiger partial charge in [-0.2, -0.15) is 4.31 Å². The van der Waals surface area contributed by atoms with E-state index >= 15 is 0 Å². The number of rotatable bonds is 4. The molecule has 0 aromatic carbocycles. The maximum absolute atomic E-state index is 14.2. The molecule has 0 amide bonds. The van der Waals surface area contributed by atoms with Gasteiger partial charge in [0.15, 0.2) is 5.82 Å². The molecule has 0 bridgehead atoms. The number of nitrogens with zero attached hydrogens (tertiary/aromatic N) is 4. The second kappa shape index (κ2) is 6.91. The first-order valence-electron chi connectivity index (χ1n) is 8.22. The Hall–Kier alpha value is -1.49. The van der Waals surface area contributed by atoms with E-state index in [-0.39, 0.29) is 35.5 Å². The first kappa shape index (κ1) is 19.3. The second-order valence-electron chi connectivity index (χ2n) is 6.77. The number of aromatic nitrogens is 3. The lowest BCUT2D eigenvalue weighted by atomic mass is 10.0. The number of piperidine rings is 1. The number of halogens is 2. The molecule has 0 radical (unpaired) electrons. The van der Waals surface area contributed by atoms with Crippen LogP contribution in [0.15, 0.2) is 6.20 Å². The quantitative estimate of drug-likeness (QED) is 0.798. The van der Waals surface area contributed by atoms with E-state index in [1.54, 1.807) is 0 Å². The number of aliphatic hydroxyl groups is 1. The molecule has 8 nitrogen and oxygen atoms in total. The summed E-state index contributed by atoms with van der Waals surface area (Å²) in [7, 11) is -3.35. The Balaban J connectivity index is 1.85. The highest BCUT2D eigenvalue weighted by molar-refractivity contribution is 7.88. The molecule has 0 unspecified atom stereocenters. The molecule has 3 rings (SSSR count). The molecule has 1 saturated heterocycles. The smallest absolute Gasteiger partial charge is 0.241 e. The van der Waals surface area contributed by atoms with Crippen molar-refractivity contribution in [2.45, 2.75) is 38.3 Å². The summed E-state index contributed by atoms with van der Waals surface area (Å²) in [6.07, 6.45) is 1.93. The van der Waals surface area contributed by atoms with Crippen molar-refractivity contribution in [1.29, 1.82) is 0 Å². The predicted octanol–water partition coefficient (Wildman–Crippen LogP) is 1.45. The van der Waals surface area contributed by atoms with Crippen LogP contribution in [0, 0.1) is 5.82 Å². The zero-order valence-corrected chi connectivity index (χ0v) is 16.2. The van der Waals surface area contributed by atoms with Crippen molar-refractivity contribution >= 4 is 33.1 Å². The molecule has 2 aromatic rings. The summed E-state index contributed by atoms with van der Waals surface area (Å²) >= 11 is 6.07. The lowest BCUT2D eigenvalue weighted by molar-refractivity contribution is 0.0950. The number of nitrogens with one attached hydrogen (secondary N) is 1. The van der Waals surface area contributed by atoms with Crippen molar-refractivity contribution < 1.29 is 17.9 Å². The number of fused-ring (bicyclic) bond motifs is 1. The summed E-state index contributed by atoms with van der Waals surface area (Å²) in [6.45, 7) is 4.05. The molecule has 1 aliphatic heterocycles. The monoisotopic (exact) mass is 405 g/mol. The Morgan fingerprint density at radius 3 is 2.73 bits per heavy atom. The lowest BCUT2D eigenvalue weighted by Crippen LogP contribution is -2.51. The number of sulfonamides is 1. The van der Waals surface area contributed by atoms with Gasteiger partial charge in [0.2, 0.25) is 16.0 Å². The van der Waals surface area contributed by atoms with Gasteiger partial charge in [-0.1, -0.05) is 25.4 Å². The molecule has 0 saturated carbocycles. The molecule has 1 fully saturated rings. The molecule has 2 N–H and O–H groups in total. The Kier molecular flexibility index (Phi) is 5.13. The summed E-state index contributed by atoms with van der Waals surface area (Å²) in [6, 6.07) is -0.413. The minimum absolute atomic E-state index is 0.0000352. The Bertz CT molecular complexity index is 933. The molecular formula is C15H21ClFN5O3S. The highest BCUT2D eigenvalue weighted by Gasteiger charge is 2.32. The topological polar surface area (TPSA) is 99.8 Å². The number of aliphatic hydroxyl groups excluding tert-OH is 1. The van der Waals surface area contributed by atoms with Gasteiger partial charge in [-0.15, -0.1) is 5.10 Å². The van der Waals surface area contributed by atoms with Crippen LogP contribution in [0.1, 0.15) is 31.9 Å². The number of hydrogen-bond donors (Lipinski definition) is 2. The molecule has 0 spiro atoms. The first-order chi connectivity index (χ1) is 12.1. The van der Waals surface area contributed by atoms with Crippen LogP contribution in [-0.2, 0) is 10.0 Å². The summed E-state index contributed by atoms with van der Waals surface area (Å²) in [5.74, 6) is -0.405. The minimum atomic E-state index is -3.35. The normalized spacial score (nSPS) is 22.3. The van der Waals surface area contributed by atoms with Crippen molar-refractivity contribution in [2.24, 2.45) is 0 Å². The van der Waals surface area contributed by atoms with E-state index in [1.807, 2.05) is 13.8 Å². The SMILES string of the molecule is CC(C)c1c(Cl)c(F)c2cnc(N[C@@H]3CCN(S(C)(=O)=O)C[C@H]3O)nn12. The fourth-order valence-corrected chi connectivity index (χ4v) is 4.36. The third kappa shape index (κ3) is 3.51. The van der Waals surface area contributed by atoms with E-state index in [4.69, 9.17) is 11.6 Å². The van der Waals surface area contributed by atoms with Crippen molar-refractivity contribution in [2.75, 3.05) is 24.7 Å². The van der Waals surface area contributed by atoms with E-state index in [1.165, 1.54) is 15.0 Å². The average molecular weight is 406 g/mol. The lowest BCUT2D eigenvalue weighted by Gasteiger charge is -2.34. The number of β-amino-alcohol motifs (C(OH)–C–C–N with tert-alkyl or cyclic N) is 1. The van der Waals surface area contributed by atoms with Crippen LogP contribution in [0.5, 0.6) is 0 Å². The largest absolute Gasteiger partial charge is 0.390 e. The van der Waals surface area contributed by atoms with Crippen molar-refractivity contribution in [3.05, 3.63) is 22.7 Å². The molecular weight excluding hydrogens is 385 g/mol. The van der Waals surface area contributed by atoms with Gasteiger partial charge in [-0.3, -0.25) is 0 Å². The zero-order valence-electron chi connectivity index (χ0n) is 14.6. The molecule has 2 atom stereocenters. The van der Waals surface area contributed by atoms with Crippen LogP contribution in [0.3, 0.4) is 0 Å². The number of hydrogen-bond acceptors (Lipinski definition) is 6. The standard InChI is InChI=1S/C15H21ClFN5O3S/c1-8(2)14-12(16)13(17)10-6-18-15(20-22(10)14)19-9-4-5-21(7-11(9)23)26(3,24)25/h6,8-9,11,23H,4-5,7H2,1-3H3,(H,19,20)/t9-,11-/m1/s1. The molecule has 144 valence electrons. The Morgan fingerprint density at radius 2 is 2.15 bits per heavy atom. The van der Waals surface area contributed by atoms with Gasteiger partial charge < -0.3 is 10.4 Å². The number of anilines is 1. The van der Waals surface area contributed by atoms with E-state index in [0.717, 1.165) is 6.26 Å². The van der Waals surface area contributed by atoms with Crippen molar-refractivity contribution in [1.82, 2.24) is 18.9 Å². The van der Waals surface area contributed by atoms with Gasteiger partial charge in [0.05, 0.1) is 30.3 Å². The van der Waals surface area contributed by atoms with Crippen LogP contribution in [-0.4, -0.2) is 63.9 Å². The van der Waals surface area contributed by atoms with Crippen LogP contribution in [0.25, 0.3) is 5.52 Å². The molecule has 3 heterocycles. The van der Waals surface area contributed by atoms with Gasteiger partial charge >= 0.3 is 0 Å². The van der Waals surface area contributed by atoms with Gasteiger partial charge in [-0.05, 0) is 12.3 Å². The van der Waals surface area contributed by atoms with Gasteiger partial charge in [0.25, 0.3) is 0 Å². The summed E-state index contributed by atoms with van der Waals surface area (Å²) < 4.78 is 40.1. The van der Waals surface area contributed by atoms with E-state index < -0.39 is 28.0 Å². The van der Waals surface area contributed by atoms with Gasteiger partial charge in [0, 0.05) is 13.1 Å². The van der Waals surface area contributed by atoms with Crippen LogP contribution < -0.4 is 5.32 Å². The van der Waals surface area contributed by atoms with Gasteiger partial charge in [0.1, 0.15) is 10.5 Å². The van der Waals surface area contributed by atoms with Gasteiger partial charge in [-0.25, -0.2) is 22.3 Å². The minimum Gasteiger partial charge on any atom is -0.390 e. The van der Waals surface area contributed by atoms with Crippen molar-refractivity contribution in [3.63, 3.8) is 0 Å². The molecule has 0 aliphatic carbocycles. The third-order valence-electron chi connectivity index (χ3n) is 4.48. The van der Waals surface area contributed by atoms with E-state index in [2.05, 4.69) is 15.4 Å². The molecule has 1 aliphatic rings. The van der Waals surface area contributed by atoms with Crippen LogP contribution >= 0.6 is 11.6 Å². The maximum Gasteiger partial charge on any atom is 0.241 e. The highest BCUT2D eigenvalue weighted by atomic mass is 35.5. The van der Waals surface area contributed by atoms with Crippen molar-refractivity contribution in [3.8, 4) is 0 Å². The Labute approximate surface area is 156 Å². The Morgan fingerprint density at radius 1 is 1.46 bits per heavy atom. The predicted molar refractivity (Wildman–Crippen MR) is 96.5 cm³/mol. The van der Waals surface area contributed by atoms with E-state index in [0.29, 0.717) is 12.1 Å². The third-order valence-corrected chi connectivity index (χ3v) is 6.11. The first-order valence-corrected chi connectivity index (χ1v) is 10.4. The molecule has 2 aromatic heterocycles.